The molecule has 17 heavy (non-hydrogen) atoms. The molecule has 0 saturated heterocycles. The van der Waals surface area contributed by atoms with Crippen LogP contribution < -0.4 is 9.47 Å². The van der Waals surface area contributed by atoms with Gasteiger partial charge < -0.3 is 9.47 Å². The van der Waals surface area contributed by atoms with E-state index in [0.717, 1.165) is 23.5 Å². The van der Waals surface area contributed by atoms with Crippen LogP contribution in [0.15, 0.2) is 23.2 Å². The fraction of sp³-hybridized carbons (Fsp3) is 0.462. The molecule has 1 atom stereocenters. The molecule has 0 aliphatic carbocycles. The van der Waals surface area contributed by atoms with Crippen LogP contribution in [-0.2, 0) is 4.79 Å². The standard InChI is InChI=1S/C13H15NO3/c1-10(8-14-9-15)11-3-4-12-13(7-11)17-6-2-5-16-12/h3-4,7,10H,2,5-6,8H2,1H3. The Bertz CT molecular complexity index is 438. The van der Waals surface area contributed by atoms with Gasteiger partial charge >= 0.3 is 0 Å². The molecular weight excluding hydrogens is 218 g/mol. The smallest absolute Gasteiger partial charge is 0.234 e. The summed E-state index contributed by atoms with van der Waals surface area (Å²) in [5, 5.41) is 0. The molecule has 1 aliphatic rings. The lowest BCUT2D eigenvalue weighted by Gasteiger charge is -2.12. The van der Waals surface area contributed by atoms with E-state index in [1.54, 1.807) is 6.08 Å². The number of hydrogen-bond acceptors (Lipinski definition) is 4. The first-order chi connectivity index (χ1) is 8.31. The van der Waals surface area contributed by atoms with Crippen molar-refractivity contribution in [1.82, 2.24) is 0 Å². The van der Waals surface area contributed by atoms with Crippen molar-refractivity contribution < 1.29 is 14.3 Å². The third-order valence-corrected chi connectivity index (χ3v) is 2.77. The van der Waals surface area contributed by atoms with Crippen molar-refractivity contribution in [3.8, 4) is 11.5 Å². The Morgan fingerprint density at radius 2 is 2.12 bits per heavy atom. The van der Waals surface area contributed by atoms with Gasteiger partial charge in [-0.1, -0.05) is 13.0 Å². The number of benzene rings is 1. The average molecular weight is 233 g/mol. The summed E-state index contributed by atoms with van der Waals surface area (Å²) in [6.07, 6.45) is 2.46. The second-order valence-corrected chi connectivity index (χ2v) is 4.09. The number of nitrogens with zero attached hydrogens (tertiary/aromatic N) is 1. The maximum Gasteiger partial charge on any atom is 0.234 e. The van der Waals surface area contributed by atoms with Gasteiger partial charge in [-0.2, -0.15) is 0 Å². The molecule has 1 heterocycles. The fourth-order valence-corrected chi connectivity index (χ4v) is 1.77. The molecule has 0 bridgehead atoms. The van der Waals surface area contributed by atoms with Gasteiger partial charge in [0.25, 0.3) is 0 Å². The molecule has 90 valence electrons. The molecule has 0 fully saturated rings. The maximum absolute atomic E-state index is 10.1. The number of hydrogen-bond donors (Lipinski definition) is 0. The number of aliphatic imine (C=N–C) groups is 1. The number of isocyanates is 1. The monoisotopic (exact) mass is 233 g/mol. The van der Waals surface area contributed by atoms with Crippen LogP contribution in [0.25, 0.3) is 0 Å². The Morgan fingerprint density at radius 3 is 2.88 bits per heavy atom. The zero-order chi connectivity index (χ0) is 12.1. The largest absolute Gasteiger partial charge is 0.490 e. The lowest BCUT2D eigenvalue weighted by Crippen LogP contribution is -1.99. The highest BCUT2D eigenvalue weighted by Crippen LogP contribution is 2.32. The minimum absolute atomic E-state index is 0.175. The number of rotatable bonds is 3. The Morgan fingerprint density at radius 1 is 1.35 bits per heavy atom. The van der Waals surface area contributed by atoms with E-state index in [1.807, 2.05) is 25.1 Å². The van der Waals surface area contributed by atoms with Crippen LogP contribution in [0, 0.1) is 0 Å². The quantitative estimate of drug-likeness (QED) is 0.594. The summed E-state index contributed by atoms with van der Waals surface area (Å²) in [6, 6.07) is 5.86. The zero-order valence-electron chi connectivity index (χ0n) is 9.81. The van der Waals surface area contributed by atoms with Gasteiger partial charge in [-0.05, 0) is 17.7 Å². The van der Waals surface area contributed by atoms with Crippen molar-refractivity contribution >= 4 is 6.08 Å². The number of carbonyl (C=O) groups excluding carboxylic acids is 1. The lowest BCUT2D eigenvalue weighted by atomic mass is 10.0. The Kier molecular flexibility index (Phi) is 3.78. The molecule has 4 nitrogen and oxygen atoms in total. The van der Waals surface area contributed by atoms with Crippen LogP contribution in [0.1, 0.15) is 24.8 Å². The third kappa shape index (κ3) is 2.86. The van der Waals surface area contributed by atoms with Crippen LogP contribution >= 0.6 is 0 Å². The summed E-state index contributed by atoms with van der Waals surface area (Å²) >= 11 is 0. The summed E-state index contributed by atoms with van der Waals surface area (Å²) in [6.45, 7) is 3.83. The van der Waals surface area contributed by atoms with E-state index in [-0.39, 0.29) is 5.92 Å². The van der Waals surface area contributed by atoms with Crippen LogP contribution in [-0.4, -0.2) is 25.8 Å². The molecule has 0 amide bonds. The van der Waals surface area contributed by atoms with E-state index in [4.69, 9.17) is 9.47 Å². The predicted molar refractivity (Wildman–Crippen MR) is 63.5 cm³/mol. The van der Waals surface area contributed by atoms with Crippen LogP contribution in [0.5, 0.6) is 11.5 Å². The number of fused-ring (bicyclic) bond motifs is 1. The highest BCUT2D eigenvalue weighted by atomic mass is 16.5. The lowest BCUT2D eigenvalue weighted by molar-refractivity contribution is 0.297. The normalized spacial score (nSPS) is 15.6. The van der Waals surface area contributed by atoms with Gasteiger partial charge in [0.05, 0.1) is 19.8 Å². The third-order valence-electron chi connectivity index (χ3n) is 2.77. The summed E-state index contributed by atoms with van der Waals surface area (Å²) < 4.78 is 11.2. The summed E-state index contributed by atoms with van der Waals surface area (Å²) in [5.41, 5.74) is 1.09. The Labute approximate surface area is 100 Å². The first kappa shape index (κ1) is 11.7. The molecule has 0 N–H and O–H groups in total. The summed E-state index contributed by atoms with van der Waals surface area (Å²) in [7, 11) is 0. The van der Waals surface area contributed by atoms with E-state index >= 15 is 0 Å². The van der Waals surface area contributed by atoms with E-state index in [9.17, 15) is 4.79 Å². The van der Waals surface area contributed by atoms with E-state index < -0.39 is 0 Å². The highest BCUT2D eigenvalue weighted by molar-refractivity contribution is 5.44. The van der Waals surface area contributed by atoms with Gasteiger partial charge in [0.1, 0.15) is 0 Å². The predicted octanol–water partition coefficient (Wildman–Crippen LogP) is 2.29. The van der Waals surface area contributed by atoms with Gasteiger partial charge in [0, 0.05) is 12.3 Å². The summed E-state index contributed by atoms with van der Waals surface area (Å²) in [5.74, 6) is 1.74. The molecule has 0 radical (unpaired) electrons. The van der Waals surface area contributed by atoms with Crippen molar-refractivity contribution in [3.63, 3.8) is 0 Å². The molecule has 0 aromatic heterocycles. The molecular formula is C13H15NO3. The second kappa shape index (κ2) is 5.51. The van der Waals surface area contributed by atoms with Crippen molar-refractivity contribution in [2.75, 3.05) is 19.8 Å². The van der Waals surface area contributed by atoms with E-state index in [1.165, 1.54) is 0 Å². The molecule has 0 spiro atoms. The van der Waals surface area contributed by atoms with Gasteiger partial charge in [-0.3, -0.25) is 0 Å². The minimum Gasteiger partial charge on any atom is -0.490 e. The fourth-order valence-electron chi connectivity index (χ4n) is 1.77. The Balaban J connectivity index is 2.19. The first-order valence-corrected chi connectivity index (χ1v) is 5.74. The molecule has 0 saturated carbocycles. The van der Waals surface area contributed by atoms with Crippen LogP contribution in [0.3, 0.4) is 0 Å². The summed E-state index contributed by atoms with van der Waals surface area (Å²) in [4.78, 5) is 13.7. The van der Waals surface area contributed by atoms with Crippen molar-refractivity contribution in [2.45, 2.75) is 19.3 Å². The van der Waals surface area contributed by atoms with Crippen molar-refractivity contribution in [1.29, 1.82) is 0 Å². The Hall–Kier alpha value is -1.80. The number of ether oxygens (including phenoxy) is 2. The molecule has 4 heteroatoms. The van der Waals surface area contributed by atoms with Crippen LogP contribution in [0.2, 0.25) is 0 Å². The topological polar surface area (TPSA) is 47.9 Å². The van der Waals surface area contributed by atoms with E-state index in [2.05, 4.69) is 4.99 Å². The van der Waals surface area contributed by atoms with Crippen LogP contribution in [0.4, 0.5) is 0 Å². The van der Waals surface area contributed by atoms with Gasteiger partial charge in [-0.15, -0.1) is 0 Å². The molecule has 1 aromatic carbocycles. The average Bonchev–Trinajstić information content (AvgIpc) is 2.60. The second-order valence-electron chi connectivity index (χ2n) is 4.09. The van der Waals surface area contributed by atoms with Crippen molar-refractivity contribution in [2.24, 2.45) is 4.99 Å². The van der Waals surface area contributed by atoms with Gasteiger partial charge in [-0.25, -0.2) is 9.79 Å². The molecule has 2 rings (SSSR count). The molecule has 1 aromatic rings. The van der Waals surface area contributed by atoms with E-state index in [0.29, 0.717) is 19.8 Å². The van der Waals surface area contributed by atoms with Crippen molar-refractivity contribution in [3.05, 3.63) is 23.8 Å². The van der Waals surface area contributed by atoms with Gasteiger partial charge in [0.2, 0.25) is 6.08 Å². The maximum atomic E-state index is 10.1. The minimum atomic E-state index is 0.175. The molecule has 1 unspecified atom stereocenters. The first-order valence-electron chi connectivity index (χ1n) is 5.74. The SMILES string of the molecule is CC(CN=C=O)c1ccc2c(c1)OCCCO2. The highest BCUT2D eigenvalue weighted by Gasteiger charge is 2.13. The van der Waals surface area contributed by atoms with Gasteiger partial charge in [0.15, 0.2) is 11.5 Å². The zero-order valence-corrected chi connectivity index (χ0v) is 9.81. The molecule has 1 aliphatic heterocycles.